The molecule has 1 N–H and O–H groups in total. The van der Waals surface area contributed by atoms with E-state index >= 15 is 0 Å². The number of nitrogens with zero attached hydrogens (tertiary/aromatic N) is 3. The van der Waals surface area contributed by atoms with Gasteiger partial charge in [0.05, 0.1) is 16.9 Å². The van der Waals surface area contributed by atoms with Crippen LogP contribution in [0.1, 0.15) is 24.1 Å². The lowest BCUT2D eigenvalue weighted by molar-refractivity contribution is -0.121. The average molecular weight is 401 g/mol. The molecule has 0 aliphatic rings. The maximum atomic E-state index is 11.9. The molecular formula is C20H18Cl2N4O. The smallest absolute Gasteiger partial charge is 0.240 e. The molecule has 0 fully saturated rings. The third kappa shape index (κ3) is 5.25. The van der Waals surface area contributed by atoms with Crippen LogP contribution in [-0.4, -0.2) is 27.5 Å². The van der Waals surface area contributed by atoms with Crippen LogP contribution in [0.2, 0.25) is 5.02 Å². The maximum absolute atomic E-state index is 11.9. The first kappa shape index (κ1) is 19.3. The molecular weight excluding hydrogens is 383 g/mol. The van der Waals surface area contributed by atoms with E-state index in [9.17, 15) is 4.79 Å². The van der Waals surface area contributed by atoms with Gasteiger partial charge in [-0.2, -0.15) is 5.10 Å². The van der Waals surface area contributed by atoms with Crippen molar-refractivity contribution < 1.29 is 4.79 Å². The number of amides is 1. The van der Waals surface area contributed by atoms with E-state index in [0.29, 0.717) is 41.6 Å². The van der Waals surface area contributed by atoms with Gasteiger partial charge in [0, 0.05) is 41.5 Å². The molecule has 0 saturated carbocycles. The van der Waals surface area contributed by atoms with E-state index in [-0.39, 0.29) is 5.91 Å². The van der Waals surface area contributed by atoms with Crippen molar-refractivity contribution in [3.05, 3.63) is 71.1 Å². The fourth-order valence-corrected chi connectivity index (χ4v) is 2.95. The largest absolute Gasteiger partial charge is 0.273 e. The number of fused-ring (bicyclic) bond motifs is 1. The summed E-state index contributed by atoms with van der Waals surface area (Å²) in [6, 6.07) is 13.3. The minimum atomic E-state index is -0.185. The number of halogens is 2. The maximum Gasteiger partial charge on any atom is 0.240 e. The second-order valence-corrected chi connectivity index (χ2v) is 6.72. The Kier molecular flexibility index (Phi) is 6.74. The van der Waals surface area contributed by atoms with E-state index in [1.807, 2.05) is 30.3 Å². The highest BCUT2D eigenvalue weighted by Crippen LogP contribution is 2.19. The molecule has 5 nitrogen and oxygen atoms in total. The van der Waals surface area contributed by atoms with E-state index in [2.05, 4.69) is 20.5 Å². The molecule has 27 heavy (non-hydrogen) atoms. The molecule has 138 valence electrons. The molecule has 0 radical (unpaired) electrons. The predicted octanol–water partition coefficient (Wildman–Crippen LogP) is 4.37. The minimum absolute atomic E-state index is 0.185. The molecule has 0 saturated heterocycles. The number of hydrogen-bond acceptors (Lipinski definition) is 4. The quantitative estimate of drug-likeness (QED) is 0.363. The van der Waals surface area contributed by atoms with Crippen LogP contribution in [0, 0.1) is 0 Å². The summed E-state index contributed by atoms with van der Waals surface area (Å²) in [4.78, 5) is 20.7. The summed E-state index contributed by atoms with van der Waals surface area (Å²) in [6.07, 6.45) is 4.78. The van der Waals surface area contributed by atoms with Crippen molar-refractivity contribution in [1.29, 1.82) is 0 Å². The van der Waals surface area contributed by atoms with Gasteiger partial charge in [0.25, 0.3) is 0 Å². The summed E-state index contributed by atoms with van der Waals surface area (Å²) >= 11 is 11.7. The van der Waals surface area contributed by atoms with Crippen molar-refractivity contribution in [2.24, 2.45) is 5.10 Å². The van der Waals surface area contributed by atoms with Gasteiger partial charge in [-0.3, -0.25) is 14.8 Å². The third-order valence-corrected chi connectivity index (χ3v) is 4.47. The Morgan fingerprint density at radius 1 is 1.11 bits per heavy atom. The van der Waals surface area contributed by atoms with Crippen molar-refractivity contribution in [3.8, 4) is 0 Å². The SMILES string of the molecule is O=C(CCCCl)NN=C(Cc1ccnc2ccccc12)c1cc(Cl)ccn1. The van der Waals surface area contributed by atoms with Crippen molar-refractivity contribution in [2.45, 2.75) is 19.3 Å². The van der Waals surface area contributed by atoms with Gasteiger partial charge in [0.15, 0.2) is 0 Å². The molecule has 0 atom stereocenters. The Hall–Kier alpha value is -2.50. The van der Waals surface area contributed by atoms with E-state index < -0.39 is 0 Å². The summed E-state index contributed by atoms with van der Waals surface area (Å²) in [5.41, 5.74) is 5.77. The standard InChI is InChI=1S/C20H18Cl2N4O/c21-9-3-6-20(27)26-25-19(18-13-15(22)8-11-24-18)12-14-7-10-23-17-5-2-1-4-16(14)17/h1-2,4-5,7-8,10-11,13H,3,6,9,12H2,(H,26,27). The fourth-order valence-electron chi connectivity index (χ4n) is 2.65. The van der Waals surface area contributed by atoms with Crippen LogP contribution in [0.15, 0.2) is 60.0 Å². The first-order chi connectivity index (χ1) is 13.2. The second kappa shape index (κ2) is 9.44. The monoisotopic (exact) mass is 400 g/mol. The van der Waals surface area contributed by atoms with Crippen LogP contribution < -0.4 is 5.43 Å². The van der Waals surface area contributed by atoms with Crippen molar-refractivity contribution >= 4 is 45.7 Å². The number of aromatic nitrogens is 2. The van der Waals surface area contributed by atoms with E-state index in [1.54, 1.807) is 24.5 Å². The number of hydrogen-bond donors (Lipinski definition) is 1. The highest BCUT2D eigenvalue weighted by molar-refractivity contribution is 6.31. The van der Waals surface area contributed by atoms with Gasteiger partial charge in [0.2, 0.25) is 5.91 Å². The Morgan fingerprint density at radius 2 is 1.93 bits per heavy atom. The molecule has 1 aromatic carbocycles. The summed E-state index contributed by atoms with van der Waals surface area (Å²) < 4.78 is 0. The topological polar surface area (TPSA) is 67.2 Å². The lowest BCUT2D eigenvalue weighted by atomic mass is 10.0. The van der Waals surface area contributed by atoms with Gasteiger partial charge in [-0.25, -0.2) is 5.43 Å². The molecule has 2 heterocycles. The van der Waals surface area contributed by atoms with Gasteiger partial charge in [-0.1, -0.05) is 29.8 Å². The number of alkyl halides is 1. The number of benzene rings is 1. The fraction of sp³-hybridized carbons (Fsp3) is 0.200. The average Bonchev–Trinajstić information content (AvgIpc) is 2.69. The van der Waals surface area contributed by atoms with Gasteiger partial charge < -0.3 is 0 Å². The molecule has 2 aromatic heterocycles. The highest BCUT2D eigenvalue weighted by atomic mass is 35.5. The number of pyridine rings is 2. The molecule has 3 aromatic rings. The number of carbonyl (C=O) groups is 1. The van der Waals surface area contributed by atoms with Crippen LogP contribution in [-0.2, 0) is 11.2 Å². The number of rotatable bonds is 7. The molecule has 0 aliphatic carbocycles. The predicted molar refractivity (Wildman–Crippen MR) is 109 cm³/mol. The molecule has 0 spiro atoms. The zero-order chi connectivity index (χ0) is 19.1. The lowest BCUT2D eigenvalue weighted by Gasteiger charge is -2.10. The molecule has 0 bridgehead atoms. The zero-order valence-electron chi connectivity index (χ0n) is 14.5. The Balaban J connectivity index is 1.93. The second-order valence-electron chi connectivity index (χ2n) is 5.91. The van der Waals surface area contributed by atoms with Crippen LogP contribution in [0.4, 0.5) is 0 Å². The lowest BCUT2D eigenvalue weighted by Crippen LogP contribution is -2.21. The summed E-state index contributed by atoms with van der Waals surface area (Å²) in [5.74, 6) is 0.248. The van der Waals surface area contributed by atoms with Crippen LogP contribution in [0.5, 0.6) is 0 Å². The van der Waals surface area contributed by atoms with Gasteiger partial charge >= 0.3 is 0 Å². The van der Waals surface area contributed by atoms with Crippen LogP contribution in [0.3, 0.4) is 0 Å². The van der Waals surface area contributed by atoms with Crippen molar-refractivity contribution in [2.75, 3.05) is 5.88 Å². The van der Waals surface area contributed by atoms with Crippen molar-refractivity contribution in [1.82, 2.24) is 15.4 Å². The highest BCUT2D eigenvalue weighted by Gasteiger charge is 2.11. The van der Waals surface area contributed by atoms with E-state index in [4.69, 9.17) is 23.2 Å². The summed E-state index contributed by atoms with van der Waals surface area (Å²) in [6.45, 7) is 0. The number of carbonyl (C=O) groups excluding carboxylic acids is 1. The number of hydrazone groups is 1. The number of para-hydroxylation sites is 1. The van der Waals surface area contributed by atoms with Crippen LogP contribution in [0.25, 0.3) is 10.9 Å². The number of nitrogens with one attached hydrogen (secondary N) is 1. The first-order valence-corrected chi connectivity index (χ1v) is 9.44. The Bertz CT molecular complexity index is 970. The third-order valence-electron chi connectivity index (χ3n) is 3.97. The summed E-state index contributed by atoms with van der Waals surface area (Å²) in [5, 5.41) is 5.91. The molecule has 3 rings (SSSR count). The zero-order valence-corrected chi connectivity index (χ0v) is 16.0. The van der Waals surface area contributed by atoms with Gasteiger partial charge in [0.1, 0.15) is 0 Å². The molecule has 0 unspecified atom stereocenters. The molecule has 0 aliphatic heterocycles. The van der Waals surface area contributed by atoms with Crippen LogP contribution >= 0.6 is 23.2 Å². The van der Waals surface area contributed by atoms with Gasteiger partial charge in [-0.05, 0) is 36.2 Å². The minimum Gasteiger partial charge on any atom is -0.273 e. The van der Waals surface area contributed by atoms with E-state index in [0.717, 1.165) is 16.5 Å². The molecule has 1 amide bonds. The normalized spacial score (nSPS) is 11.6. The van der Waals surface area contributed by atoms with E-state index in [1.165, 1.54) is 0 Å². The Morgan fingerprint density at radius 3 is 2.74 bits per heavy atom. The first-order valence-electron chi connectivity index (χ1n) is 8.53. The molecule has 7 heteroatoms. The Labute approximate surface area is 167 Å². The summed E-state index contributed by atoms with van der Waals surface area (Å²) in [7, 11) is 0. The van der Waals surface area contributed by atoms with Gasteiger partial charge in [-0.15, -0.1) is 11.6 Å². The van der Waals surface area contributed by atoms with Crippen molar-refractivity contribution in [3.63, 3.8) is 0 Å².